The number of hydrogen-bond donors (Lipinski definition) is 0. The molecule has 0 aliphatic heterocycles. The molecule has 0 fully saturated rings. The van der Waals surface area contributed by atoms with Crippen LogP contribution in [0.3, 0.4) is 0 Å². The van der Waals surface area contributed by atoms with Crippen molar-refractivity contribution in [2.24, 2.45) is 0 Å². The summed E-state index contributed by atoms with van der Waals surface area (Å²) in [5.74, 6) is 0. The molecule has 0 saturated heterocycles. The van der Waals surface area contributed by atoms with E-state index >= 15 is 0 Å². The van der Waals surface area contributed by atoms with Gasteiger partial charge in [0.25, 0.3) is 0 Å². The van der Waals surface area contributed by atoms with Crippen molar-refractivity contribution in [3.63, 3.8) is 0 Å². The molecule has 2 aromatic rings. The zero-order valence-corrected chi connectivity index (χ0v) is 9.89. The fourth-order valence-corrected chi connectivity index (χ4v) is 1.94. The molecule has 106 valence electrons. The maximum Gasteiger partial charge on any atom is 0.417 e. The lowest BCUT2D eigenvalue weighted by Crippen LogP contribution is -2.14. The zero-order valence-electron chi connectivity index (χ0n) is 9.89. The quantitative estimate of drug-likeness (QED) is 0.618. The van der Waals surface area contributed by atoms with Gasteiger partial charge in [0, 0.05) is 5.56 Å². The topological polar surface area (TPSA) is 0 Å². The van der Waals surface area contributed by atoms with E-state index in [1.807, 2.05) is 0 Å². The van der Waals surface area contributed by atoms with Crippen molar-refractivity contribution in [2.75, 3.05) is 0 Å². The third-order valence-corrected chi connectivity index (χ3v) is 2.74. The molecule has 0 bridgehead atoms. The second-order valence-corrected chi connectivity index (χ2v) is 4.09. The predicted octanol–water partition coefficient (Wildman–Crippen LogP) is 5.39. The Morgan fingerprint density at radius 2 is 1.00 bits per heavy atom. The van der Waals surface area contributed by atoms with Gasteiger partial charge in [-0.25, -0.2) is 0 Å². The highest BCUT2D eigenvalue weighted by Crippen LogP contribution is 2.44. The van der Waals surface area contributed by atoms with Crippen molar-refractivity contribution in [3.8, 4) is 11.1 Å². The number of halogens is 6. The molecule has 0 heterocycles. The van der Waals surface area contributed by atoms with E-state index in [9.17, 15) is 26.3 Å². The van der Waals surface area contributed by atoms with Crippen LogP contribution in [0.1, 0.15) is 11.1 Å². The minimum atomic E-state index is -4.85. The van der Waals surface area contributed by atoms with Crippen molar-refractivity contribution in [2.45, 2.75) is 12.4 Å². The van der Waals surface area contributed by atoms with Gasteiger partial charge < -0.3 is 0 Å². The molecule has 0 unspecified atom stereocenters. The summed E-state index contributed by atoms with van der Waals surface area (Å²) in [5, 5.41) is 0. The van der Waals surface area contributed by atoms with Crippen LogP contribution in [0, 0.1) is 0 Å². The molecule has 2 rings (SSSR count). The van der Waals surface area contributed by atoms with Crippen molar-refractivity contribution in [1.29, 1.82) is 0 Å². The van der Waals surface area contributed by atoms with Crippen LogP contribution in [-0.2, 0) is 12.4 Å². The minimum absolute atomic E-state index is 0.118. The Kier molecular flexibility index (Phi) is 3.50. The standard InChI is InChI=1S/C14H8F6/c15-13(16,17)10-7-4-8-11(14(18,19)20)12(10)9-5-2-1-3-6-9/h1-8H. The van der Waals surface area contributed by atoms with Gasteiger partial charge >= 0.3 is 12.4 Å². The lowest BCUT2D eigenvalue weighted by atomic mass is 9.93. The molecule has 0 nitrogen and oxygen atoms in total. The average Bonchev–Trinajstić information content (AvgIpc) is 2.37. The van der Waals surface area contributed by atoms with E-state index in [-0.39, 0.29) is 5.56 Å². The van der Waals surface area contributed by atoms with E-state index in [0.717, 1.165) is 6.07 Å². The molecule has 0 N–H and O–H groups in total. The first kappa shape index (κ1) is 14.4. The number of benzene rings is 2. The monoisotopic (exact) mass is 290 g/mol. The van der Waals surface area contributed by atoms with Crippen LogP contribution in [-0.4, -0.2) is 0 Å². The average molecular weight is 290 g/mol. The molecule has 0 amide bonds. The van der Waals surface area contributed by atoms with Crippen molar-refractivity contribution < 1.29 is 26.3 Å². The summed E-state index contributed by atoms with van der Waals surface area (Å²) in [7, 11) is 0. The Hall–Kier alpha value is -1.98. The molecule has 0 aliphatic carbocycles. The Morgan fingerprint density at radius 1 is 0.550 bits per heavy atom. The van der Waals surface area contributed by atoms with E-state index in [1.54, 1.807) is 0 Å². The summed E-state index contributed by atoms with van der Waals surface area (Å²) in [5.41, 5.74) is -3.54. The fourth-order valence-electron chi connectivity index (χ4n) is 1.94. The van der Waals surface area contributed by atoms with Gasteiger partial charge in [0.15, 0.2) is 0 Å². The minimum Gasteiger partial charge on any atom is -0.166 e. The lowest BCUT2D eigenvalue weighted by Gasteiger charge is -2.18. The van der Waals surface area contributed by atoms with Gasteiger partial charge in [-0.2, -0.15) is 26.3 Å². The highest BCUT2D eigenvalue weighted by atomic mass is 19.4. The lowest BCUT2D eigenvalue weighted by molar-refractivity contribution is -0.142. The molecule has 0 radical (unpaired) electrons. The molecular formula is C14H8F6. The van der Waals surface area contributed by atoms with Crippen LogP contribution in [0.25, 0.3) is 11.1 Å². The predicted molar refractivity (Wildman–Crippen MR) is 61.9 cm³/mol. The van der Waals surface area contributed by atoms with E-state index < -0.39 is 29.0 Å². The van der Waals surface area contributed by atoms with E-state index in [0.29, 0.717) is 12.1 Å². The molecule has 0 saturated carbocycles. The van der Waals surface area contributed by atoms with Gasteiger partial charge in [0.2, 0.25) is 0 Å². The largest absolute Gasteiger partial charge is 0.417 e. The molecule has 2 aromatic carbocycles. The Morgan fingerprint density at radius 3 is 1.40 bits per heavy atom. The maximum absolute atomic E-state index is 12.9. The first-order chi connectivity index (χ1) is 9.21. The van der Waals surface area contributed by atoms with Gasteiger partial charge in [0.05, 0.1) is 11.1 Å². The third kappa shape index (κ3) is 2.79. The molecule has 0 spiro atoms. The summed E-state index contributed by atoms with van der Waals surface area (Å²) in [6.45, 7) is 0. The highest BCUT2D eigenvalue weighted by Gasteiger charge is 2.40. The van der Waals surface area contributed by atoms with Gasteiger partial charge in [-0.15, -0.1) is 0 Å². The van der Waals surface area contributed by atoms with E-state index in [4.69, 9.17) is 0 Å². The smallest absolute Gasteiger partial charge is 0.166 e. The second kappa shape index (κ2) is 4.85. The number of alkyl halides is 6. The number of hydrogen-bond acceptors (Lipinski definition) is 0. The molecule has 0 aromatic heterocycles. The van der Waals surface area contributed by atoms with Crippen LogP contribution in [0.5, 0.6) is 0 Å². The van der Waals surface area contributed by atoms with Crippen molar-refractivity contribution in [1.82, 2.24) is 0 Å². The number of rotatable bonds is 1. The van der Waals surface area contributed by atoms with E-state index in [2.05, 4.69) is 0 Å². The van der Waals surface area contributed by atoms with Gasteiger partial charge in [-0.1, -0.05) is 36.4 Å². The Labute approximate surface area is 110 Å². The molecular weight excluding hydrogens is 282 g/mol. The maximum atomic E-state index is 12.9. The fraction of sp³-hybridized carbons (Fsp3) is 0.143. The van der Waals surface area contributed by atoms with Crippen molar-refractivity contribution in [3.05, 3.63) is 59.7 Å². The normalized spacial score (nSPS) is 12.5. The van der Waals surface area contributed by atoms with Crippen LogP contribution in [0.15, 0.2) is 48.5 Å². The third-order valence-electron chi connectivity index (χ3n) is 2.74. The SMILES string of the molecule is FC(F)(F)c1cccc(C(F)(F)F)c1-c1ccccc1. The Bertz CT molecular complexity index is 563. The summed E-state index contributed by atoms with van der Waals surface area (Å²) < 4.78 is 77.6. The molecule has 6 heteroatoms. The van der Waals surface area contributed by atoms with Crippen LogP contribution in [0.4, 0.5) is 26.3 Å². The first-order valence-corrected chi connectivity index (χ1v) is 5.54. The van der Waals surface area contributed by atoms with Crippen LogP contribution < -0.4 is 0 Å². The Balaban J connectivity index is 2.80. The molecule has 0 atom stereocenters. The second-order valence-electron chi connectivity index (χ2n) is 4.09. The first-order valence-electron chi connectivity index (χ1n) is 5.54. The van der Waals surface area contributed by atoms with Crippen LogP contribution >= 0.6 is 0 Å². The zero-order chi connectivity index (χ0) is 15.0. The molecule has 20 heavy (non-hydrogen) atoms. The molecule has 0 aliphatic rings. The summed E-state index contributed by atoms with van der Waals surface area (Å²) >= 11 is 0. The summed E-state index contributed by atoms with van der Waals surface area (Å²) in [6.07, 6.45) is -9.71. The van der Waals surface area contributed by atoms with Gasteiger partial charge in [-0.05, 0) is 17.7 Å². The summed E-state index contributed by atoms with van der Waals surface area (Å²) in [4.78, 5) is 0. The summed E-state index contributed by atoms with van der Waals surface area (Å²) in [6, 6.07) is 8.81. The highest BCUT2D eigenvalue weighted by molar-refractivity contribution is 5.72. The van der Waals surface area contributed by atoms with Gasteiger partial charge in [-0.3, -0.25) is 0 Å². The van der Waals surface area contributed by atoms with Gasteiger partial charge in [0.1, 0.15) is 0 Å². The van der Waals surface area contributed by atoms with Crippen molar-refractivity contribution >= 4 is 0 Å². The van der Waals surface area contributed by atoms with E-state index in [1.165, 1.54) is 30.3 Å². The van der Waals surface area contributed by atoms with Crippen LogP contribution in [0.2, 0.25) is 0 Å².